The SMILES string of the molecule is C=CCN(/C=C(/C#N)C(=O)N(Cc1ccccc1)C(C)C)CC=C. The second kappa shape index (κ2) is 10.1. The van der Waals surface area contributed by atoms with Gasteiger partial charge in [0.2, 0.25) is 0 Å². The van der Waals surface area contributed by atoms with E-state index in [-0.39, 0.29) is 17.5 Å². The summed E-state index contributed by atoms with van der Waals surface area (Å²) in [5, 5.41) is 9.43. The minimum absolute atomic E-state index is 0.0123. The first kappa shape index (κ1) is 19.2. The van der Waals surface area contributed by atoms with E-state index in [9.17, 15) is 10.1 Å². The highest BCUT2D eigenvalue weighted by atomic mass is 16.2. The minimum Gasteiger partial charge on any atom is -0.369 e. The number of carbonyl (C=O) groups is 1. The van der Waals surface area contributed by atoms with Crippen molar-refractivity contribution in [3.05, 3.63) is 73.0 Å². The summed E-state index contributed by atoms with van der Waals surface area (Å²) >= 11 is 0. The molecule has 4 heteroatoms. The van der Waals surface area contributed by atoms with E-state index in [4.69, 9.17) is 0 Å². The maximum absolute atomic E-state index is 12.8. The standard InChI is InChI=1S/C20H25N3O/c1-5-12-22(13-6-2)16-19(14-21)20(24)23(17(3)4)15-18-10-8-7-9-11-18/h5-11,16-17H,1-2,12-13,15H2,3-4H3/b19-16-. The summed E-state index contributed by atoms with van der Waals surface area (Å²) < 4.78 is 0. The second-order valence-electron chi connectivity index (χ2n) is 5.70. The van der Waals surface area contributed by atoms with Crippen molar-refractivity contribution in [3.63, 3.8) is 0 Å². The van der Waals surface area contributed by atoms with Crippen LogP contribution in [0, 0.1) is 11.3 Å². The van der Waals surface area contributed by atoms with Gasteiger partial charge in [-0.15, -0.1) is 13.2 Å². The third-order valence-electron chi connectivity index (χ3n) is 3.47. The lowest BCUT2D eigenvalue weighted by Gasteiger charge is -2.27. The Morgan fingerprint density at radius 3 is 2.25 bits per heavy atom. The molecule has 0 atom stereocenters. The lowest BCUT2D eigenvalue weighted by Crippen LogP contribution is -2.37. The normalized spacial score (nSPS) is 10.8. The Hall–Kier alpha value is -2.80. The van der Waals surface area contributed by atoms with E-state index in [2.05, 4.69) is 13.2 Å². The van der Waals surface area contributed by atoms with Crippen molar-refractivity contribution in [3.8, 4) is 6.07 Å². The fraction of sp³-hybridized carbons (Fsp3) is 0.300. The van der Waals surface area contributed by atoms with Gasteiger partial charge in [0.15, 0.2) is 0 Å². The Kier molecular flexibility index (Phi) is 8.07. The average molecular weight is 323 g/mol. The minimum atomic E-state index is -0.269. The van der Waals surface area contributed by atoms with Crippen LogP contribution in [0.4, 0.5) is 0 Å². The average Bonchev–Trinajstić information content (AvgIpc) is 2.58. The molecule has 0 radical (unpaired) electrons. The van der Waals surface area contributed by atoms with Crippen molar-refractivity contribution >= 4 is 5.91 Å². The Balaban J connectivity index is 3.03. The summed E-state index contributed by atoms with van der Waals surface area (Å²) in [6.07, 6.45) is 5.04. The number of benzene rings is 1. The Morgan fingerprint density at radius 2 is 1.79 bits per heavy atom. The molecule has 126 valence electrons. The van der Waals surface area contributed by atoms with Crippen molar-refractivity contribution in [2.24, 2.45) is 0 Å². The van der Waals surface area contributed by atoms with Gasteiger partial charge in [0.05, 0.1) is 0 Å². The lowest BCUT2D eigenvalue weighted by atomic mass is 10.1. The molecule has 0 saturated heterocycles. The number of hydrogen-bond acceptors (Lipinski definition) is 3. The maximum atomic E-state index is 12.8. The van der Waals surface area contributed by atoms with E-state index in [1.165, 1.54) is 0 Å². The zero-order valence-corrected chi connectivity index (χ0v) is 14.5. The van der Waals surface area contributed by atoms with Crippen molar-refractivity contribution in [1.29, 1.82) is 5.26 Å². The molecule has 1 aromatic carbocycles. The summed E-state index contributed by atoms with van der Waals surface area (Å²) in [4.78, 5) is 16.4. The molecular formula is C20H25N3O. The first-order valence-corrected chi connectivity index (χ1v) is 7.96. The van der Waals surface area contributed by atoms with Gasteiger partial charge < -0.3 is 9.80 Å². The molecular weight excluding hydrogens is 298 g/mol. The first-order chi connectivity index (χ1) is 11.5. The summed E-state index contributed by atoms with van der Waals surface area (Å²) in [6, 6.07) is 11.8. The molecule has 4 nitrogen and oxygen atoms in total. The predicted molar refractivity (Wildman–Crippen MR) is 97.8 cm³/mol. The van der Waals surface area contributed by atoms with Crippen molar-refractivity contribution in [1.82, 2.24) is 9.80 Å². The van der Waals surface area contributed by atoms with Crippen LogP contribution in [0.1, 0.15) is 19.4 Å². The fourth-order valence-corrected chi connectivity index (χ4v) is 2.25. The topological polar surface area (TPSA) is 47.3 Å². The van der Waals surface area contributed by atoms with E-state index in [1.54, 1.807) is 23.3 Å². The van der Waals surface area contributed by atoms with Crippen LogP contribution in [-0.4, -0.2) is 34.8 Å². The lowest BCUT2D eigenvalue weighted by molar-refractivity contribution is -0.129. The zero-order valence-electron chi connectivity index (χ0n) is 14.5. The van der Waals surface area contributed by atoms with Gasteiger partial charge in [-0.25, -0.2) is 0 Å². The third-order valence-corrected chi connectivity index (χ3v) is 3.47. The van der Waals surface area contributed by atoms with Gasteiger partial charge in [0.1, 0.15) is 11.6 Å². The molecule has 0 aliphatic heterocycles. The fourth-order valence-electron chi connectivity index (χ4n) is 2.25. The number of nitrogens with zero attached hydrogens (tertiary/aromatic N) is 3. The van der Waals surface area contributed by atoms with Gasteiger partial charge in [0.25, 0.3) is 5.91 Å². The quantitative estimate of drug-likeness (QED) is 0.397. The van der Waals surface area contributed by atoms with Crippen LogP contribution in [0.25, 0.3) is 0 Å². The molecule has 0 fully saturated rings. The van der Waals surface area contributed by atoms with Crippen molar-refractivity contribution in [2.45, 2.75) is 26.4 Å². The van der Waals surface area contributed by atoms with Crippen LogP contribution >= 0.6 is 0 Å². The molecule has 24 heavy (non-hydrogen) atoms. The third kappa shape index (κ3) is 5.77. The van der Waals surface area contributed by atoms with E-state index >= 15 is 0 Å². The number of nitriles is 1. The number of amides is 1. The molecule has 0 spiro atoms. The van der Waals surface area contributed by atoms with Crippen LogP contribution in [0.2, 0.25) is 0 Å². The highest BCUT2D eigenvalue weighted by Gasteiger charge is 2.21. The molecule has 1 rings (SSSR count). The van der Waals surface area contributed by atoms with Gasteiger partial charge >= 0.3 is 0 Å². The first-order valence-electron chi connectivity index (χ1n) is 7.96. The second-order valence-corrected chi connectivity index (χ2v) is 5.70. The molecule has 0 heterocycles. The van der Waals surface area contributed by atoms with Crippen LogP contribution in [-0.2, 0) is 11.3 Å². The van der Waals surface area contributed by atoms with E-state index in [0.29, 0.717) is 19.6 Å². The Labute approximate surface area is 145 Å². The van der Waals surface area contributed by atoms with Gasteiger partial charge in [-0.05, 0) is 19.4 Å². The summed E-state index contributed by atoms with van der Waals surface area (Å²) in [5.41, 5.74) is 1.15. The van der Waals surface area contributed by atoms with Crippen LogP contribution < -0.4 is 0 Å². The van der Waals surface area contributed by atoms with Crippen molar-refractivity contribution < 1.29 is 4.79 Å². The van der Waals surface area contributed by atoms with E-state index in [0.717, 1.165) is 5.56 Å². The predicted octanol–water partition coefficient (Wildman–Crippen LogP) is 3.51. The molecule has 0 aromatic heterocycles. The van der Waals surface area contributed by atoms with E-state index in [1.807, 2.05) is 55.1 Å². The summed E-state index contributed by atoms with van der Waals surface area (Å²) in [7, 11) is 0. The molecule has 0 N–H and O–H groups in total. The van der Waals surface area contributed by atoms with Gasteiger partial charge in [0, 0.05) is 31.9 Å². The highest BCUT2D eigenvalue weighted by molar-refractivity contribution is 5.97. The smallest absolute Gasteiger partial charge is 0.266 e. The van der Waals surface area contributed by atoms with Gasteiger partial charge in [-0.3, -0.25) is 4.79 Å². The molecule has 1 aromatic rings. The van der Waals surface area contributed by atoms with Crippen molar-refractivity contribution in [2.75, 3.05) is 13.1 Å². The number of hydrogen-bond donors (Lipinski definition) is 0. The van der Waals surface area contributed by atoms with Crippen LogP contribution in [0.5, 0.6) is 0 Å². The molecule has 0 unspecified atom stereocenters. The van der Waals surface area contributed by atoms with Gasteiger partial charge in [-0.2, -0.15) is 5.26 Å². The molecule has 0 aliphatic carbocycles. The Bertz CT molecular complexity index is 616. The molecule has 1 amide bonds. The molecule has 0 bridgehead atoms. The monoisotopic (exact) mass is 323 g/mol. The zero-order chi connectivity index (χ0) is 17.9. The largest absolute Gasteiger partial charge is 0.369 e. The molecule has 0 saturated carbocycles. The Morgan fingerprint density at radius 1 is 1.21 bits per heavy atom. The number of rotatable bonds is 9. The maximum Gasteiger partial charge on any atom is 0.266 e. The summed E-state index contributed by atoms with van der Waals surface area (Å²) in [6.45, 7) is 12.8. The van der Waals surface area contributed by atoms with E-state index < -0.39 is 0 Å². The molecule has 0 aliphatic rings. The van der Waals surface area contributed by atoms with Crippen LogP contribution in [0.15, 0.2) is 67.4 Å². The van der Waals surface area contributed by atoms with Crippen LogP contribution in [0.3, 0.4) is 0 Å². The highest BCUT2D eigenvalue weighted by Crippen LogP contribution is 2.13. The summed E-state index contributed by atoms with van der Waals surface area (Å²) in [5.74, 6) is -0.269. The van der Waals surface area contributed by atoms with Gasteiger partial charge in [-0.1, -0.05) is 42.5 Å². The number of carbonyl (C=O) groups excluding carboxylic acids is 1.